The third-order valence-electron chi connectivity index (χ3n) is 8.27. The van der Waals surface area contributed by atoms with Gasteiger partial charge in [-0.25, -0.2) is 0 Å². The Morgan fingerprint density at radius 3 is 2.10 bits per heavy atom. The number of likely N-dealkylation sites (tertiary alicyclic amines) is 2. The maximum Gasteiger partial charge on any atom is 0.416 e. The van der Waals surface area contributed by atoms with E-state index in [1.54, 1.807) is 42.2 Å². The first-order chi connectivity index (χ1) is 19.7. The summed E-state index contributed by atoms with van der Waals surface area (Å²) in [5, 5.41) is 0. The Hall–Kier alpha value is -3.65. The number of rotatable bonds is 6. The molecule has 216 valence electrons. The Bertz CT molecular complexity index is 1340. The molecule has 3 aromatic rings. The lowest BCUT2D eigenvalue weighted by molar-refractivity contribution is -0.143. The summed E-state index contributed by atoms with van der Waals surface area (Å²) in [6.45, 7) is 3.79. The molecule has 5 rings (SSSR count). The number of hydrogen-bond donors (Lipinski definition) is 0. The summed E-state index contributed by atoms with van der Waals surface area (Å²) in [5.74, 6) is -0.0702. The molecule has 0 aliphatic carbocycles. The molecule has 0 N–H and O–H groups in total. The molecule has 5 nitrogen and oxygen atoms in total. The predicted octanol–water partition coefficient (Wildman–Crippen LogP) is 6.53. The van der Waals surface area contributed by atoms with E-state index in [2.05, 4.69) is 0 Å². The fraction of sp³-hybridized carbons (Fsp3) is 0.394. The highest BCUT2D eigenvalue weighted by Crippen LogP contribution is 2.35. The van der Waals surface area contributed by atoms with Gasteiger partial charge in [-0.3, -0.25) is 9.59 Å². The topological polar surface area (TPSA) is 49.9 Å². The van der Waals surface area contributed by atoms with Crippen LogP contribution in [0.5, 0.6) is 0 Å². The summed E-state index contributed by atoms with van der Waals surface area (Å²) in [4.78, 5) is 28.9. The van der Waals surface area contributed by atoms with Crippen LogP contribution < -0.4 is 0 Å². The van der Waals surface area contributed by atoms with Gasteiger partial charge in [0.15, 0.2) is 0 Å². The zero-order valence-electron chi connectivity index (χ0n) is 23.1. The normalized spacial score (nSPS) is 20.2. The Labute approximate surface area is 238 Å². The zero-order chi connectivity index (χ0) is 29.0. The highest BCUT2D eigenvalue weighted by Gasteiger charge is 2.37. The van der Waals surface area contributed by atoms with Crippen molar-refractivity contribution in [3.8, 4) is 11.1 Å². The van der Waals surface area contributed by atoms with Gasteiger partial charge >= 0.3 is 6.18 Å². The molecule has 2 heterocycles. The van der Waals surface area contributed by atoms with Gasteiger partial charge in [0, 0.05) is 44.9 Å². The van der Waals surface area contributed by atoms with Crippen molar-refractivity contribution in [2.75, 3.05) is 26.2 Å². The van der Waals surface area contributed by atoms with Crippen LogP contribution in [0.4, 0.5) is 13.2 Å². The average molecular weight is 565 g/mol. The van der Waals surface area contributed by atoms with Crippen LogP contribution in [-0.2, 0) is 27.1 Å². The molecule has 0 aromatic heterocycles. The Morgan fingerprint density at radius 2 is 1.46 bits per heavy atom. The fourth-order valence-corrected chi connectivity index (χ4v) is 5.99. The van der Waals surface area contributed by atoms with Gasteiger partial charge in [0.25, 0.3) is 0 Å². The van der Waals surface area contributed by atoms with Crippen molar-refractivity contribution < 1.29 is 27.5 Å². The van der Waals surface area contributed by atoms with Crippen LogP contribution in [0.15, 0.2) is 78.9 Å². The second-order valence-corrected chi connectivity index (χ2v) is 11.0. The van der Waals surface area contributed by atoms with E-state index >= 15 is 0 Å². The van der Waals surface area contributed by atoms with Crippen molar-refractivity contribution in [3.63, 3.8) is 0 Å². The molecule has 8 heteroatoms. The number of carbonyl (C=O) groups is 2. The number of halogens is 3. The van der Waals surface area contributed by atoms with Crippen LogP contribution in [-0.4, -0.2) is 53.9 Å². The van der Waals surface area contributed by atoms with Gasteiger partial charge in [0.1, 0.15) is 0 Å². The number of piperidine rings is 2. The molecule has 2 aliphatic heterocycles. The molecule has 2 saturated heterocycles. The van der Waals surface area contributed by atoms with Gasteiger partial charge in [-0.15, -0.1) is 0 Å². The summed E-state index contributed by atoms with van der Waals surface area (Å²) >= 11 is 0. The van der Waals surface area contributed by atoms with Gasteiger partial charge < -0.3 is 14.5 Å². The monoisotopic (exact) mass is 564 g/mol. The Morgan fingerprint density at radius 1 is 0.829 bits per heavy atom. The molecule has 0 spiro atoms. The van der Waals surface area contributed by atoms with Crippen molar-refractivity contribution in [2.45, 2.75) is 51.0 Å². The van der Waals surface area contributed by atoms with Crippen LogP contribution in [0, 0.1) is 5.92 Å². The van der Waals surface area contributed by atoms with Crippen LogP contribution in [0.25, 0.3) is 11.1 Å². The summed E-state index contributed by atoms with van der Waals surface area (Å²) in [6.07, 6.45) is -2.83. The average Bonchev–Trinajstić information content (AvgIpc) is 3.00. The van der Waals surface area contributed by atoms with Gasteiger partial charge in [-0.2, -0.15) is 13.2 Å². The van der Waals surface area contributed by atoms with Crippen molar-refractivity contribution in [2.24, 2.45) is 5.92 Å². The SMILES string of the molecule is CC(=O)N1CCC(C(=O)N2CC[C@@H](OCc3cc(-c4ccccc4)cc(C(F)(F)F)c3)[C@@H](c3ccccc3)C2)CC1. The van der Waals surface area contributed by atoms with Crippen LogP contribution in [0.3, 0.4) is 0 Å². The third kappa shape index (κ3) is 6.99. The van der Waals surface area contributed by atoms with Crippen molar-refractivity contribution in [3.05, 3.63) is 95.6 Å². The zero-order valence-corrected chi connectivity index (χ0v) is 23.1. The van der Waals surface area contributed by atoms with E-state index in [4.69, 9.17) is 4.74 Å². The van der Waals surface area contributed by atoms with E-state index in [0.717, 1.165) is 11.6 Å². The second kappa shape index (κ2) is 12.5. The number of carbonyl (C=O) groups excluding carboxylic acids is 2. The molecule has 41 heavy (non-hydrogen) atoms. The van der Waals surface area contributed by atoms with Gasteiger partial charge in [0.2, 0.25) is 11.8 Å². The number of nitrogens with zero attached hydrogens (tertiary/aromatic N) is 2. The largest absolute Gasteiger partial charge is 0.416 e. The molecule has 3 aromatic carbocycles. The first kappa shape index (κ1) is 28.9. The van der Waals surface area contributed by atoms with Crippen LogP contribution in [0.1, 0.15) is 48.8 Å². The first-order valence-corrected chi connectivity index (χ1v) is 14.2. The number of benzene rings is 3. The molecule has 0 radical (unpaired) electrons. The molecule has 0 saturated carbocycles. The first-order valence-electron chi connectivity index (χ1n) is 14.2. The summed E-state index contributed by atoms with van der Waals surface area (Å²) in [6, 6.07) is 23.0. The van der Waals surface area contributed by atoms with E-state index in [1.165, 1.54) is 6.07 Å². The van der Waals surface area contributed by atoms with Crippen molar-refractivity contribution in [1.82, 2.24) is 9.80 Å². The van der Waals surface area contributed by atoms with Crippen molar-refractivity contribution in [1.29, 1.82) is 0 Å². The second-order valence-electron chi connectivity index (χ2n) is 11.0. The van der Waals surface area contributed by atoms with E-state index in [-0.39, 0.29) is 36.4 Å². The number of hydrogen-bond acceptors (Lipinski definition) is 3. The lowest BCUT2D eigenvalue weighted by Crippen LogP contribution is -2.49. The highest BCUT2D eigenvalue weighted by atomic mass is 19.4. The molecule has 2 fully saturated rings. The molecule has 0 unspecified atom stereocenters. The van der Waals surface area contributed by atoms with E-state index in [1.807, 2.05) is 41.3 Å². The molecular formula is C33H35F3N2O3. The number of amides is 2. The summed E-state index contributed by atoms with van der Waals surface area (Å²) in [5.41, 5.74) is 2.00. The van der Waals surface area contributed by atoms with Crippen molar-refractivity contribution >= 4 is 11.8 Å². The molecule has 2 atom stereocenters. The van der Waals surface area contributed by atoms with Gasteiger partial charge in [0.05, 0.1) is 18.3 Å². The maximum atomic E-state index is 13.8. The predicted molar refractivity (Wildman–Crippen MR) is 151 cm³/mol. The molecule has 2 aliphatic rings. The van der Waals surface area contributed by atoms with Gasteiger partial charge in [-0.05, 0) is 59.7 Å². The van der Waals surface area contributed by atoms with Crippen LogP contribution in [0.2, 0.25) is 0 Å². The Kier molecular flexibility index (Phi) is 8.78. The molecule has 0 bridgehead atoms. The lowest BCUT2D eigenvalue weighted by Gasteiger charge is -2.41. The standard InChI is InChI=1S/C33H35F3N2O3/c1-23(39)37-15-12-27(13-16-37)32(40)38-17-14-31(30(21-38)26-10-6-3-7-11-26)41-22-24-18-28(25-8-4-2-5-9-25)20-29(19-24)33(34,35)36/h2-11,18-20,27,30-31H,12-17,21-22H2,1H3/t30-,31-/m1/s1. The van der Waals surface area contributed by atoms with Crippen LogP contribution >= 0.6 is 0 Å². The number of alkyl halides is 3. The quantitative estimate of drug-likeness (QED) is 0.342. The maximum absolute atomic E-state index is 13.8. The molecule has 2 amide bonds. The minimum absolute atomic E-state index is 0.0367. The Balaban J connectivity index is 1.32. The minimum atomic E-state index is -4.47. The molecular weight excluding hydrogens is 529 g/mol. The van der Waals surface area contributed by atoms with E-state index in [0.29, 0.717) is 62.1 Å². The minimum Gasteiger partial charge on any atom is -0.373 e. The smallest absolute Gasteiger partial charge is 0.373 e. The third-order valence-corrected chi connectivity index (χ3v) is 8.27. The lowest BCUT2D eigenvalue weighted by atomic mass is 9.86. The van der Waals surface area contributed by atoms with Gasteiger partial charge in [-0.1, -0.05) is 60.7 Å². The fourth-order valence-electron chi connectivity index (χ4n) is 5.99. The summed E-state index contributed by atoms with van der Waals surface area (Å²) in [7, 11) is 0. The summed E-state index contributed by atoms with van der Waals surface area (Å²) < 4.78 is 47.7. The number of ether oxygens (including phenoxy) is 1. The highest BCUT2D eigenvalue weighted by molar-refractivity contribution is 5.80. The van der Waals surface area contributed by atoms with E-state index < -0.39 is 11.7 Å². The van der Waals surface area contributed by atoms with E-state index in [9.17, 15) is 22.8 Å².